The molecule has 1 N–H and O–H groups in total. The molecule has 1 aromatic heterocycles. The quantitative estimate of drug-likeness (QED) is 0.781. The Balaban J connectivity index is 1.79. The van der Waals surface area contributed by atoms with E-state index in [0.717, 1.165) is 32.1 Å². The minimum atomic E-state index is -3.74. The summed E-state index contributed by atoms with van der Waals surface area (Å²) >= 11 is 0. The molecule has 146 valence electrons. The van der Waals surface area contributed by atoms with Crippen LogP contribution in [0.5, 0.6) is 5.75 Å². The molecule has 1 heterocycles. The molecule has 1 amide bonds. The summed E-state index contributed by atoms with van der Waals surface area (Å²) < 4.78 is 36.8. The zero-order valence-electron chi connectivity index (χ0n) is 15.4. The summed E-state index contributed by atoms with van der Waals surface area (Å²) in [5, 5.41) is 1.86. The van der Waals surface area contributed by atoms with Crippen molar-refractivity contribution in [3.8, 4) is 5.75 Å². The smallest absolute Gasteiger partial charge is 0.223 e. The predicted octanol–water partition coefficient (Wildman–Crippen LogP) is 3.50. The van der Waals surface area contributed by atoms with Gasteiger partial charge in [-0.3, -0.25) is 4.79 Å². The van der Waals surface area contributed by atoms with Gasteiger partial charge in [0.15, 0.2) is 9.84 Å². The van der Waals surface area contributed by atoms with E-state index in [2.05, 4.69) is 5.32 Å². The highest BCUT2D eigenvalue weighted by atomic mass is 32.2. The normalized spacial score (nSPS) is 16.6. The van der Waals surface area contributed by atoms with Gasteiger partial charge in [0.25, 0.3) is 0 Å². The first-order valence-electron chi connectivity index (χ1n) is 9.21. The molecule has 3 rings (SSSR count). The fourth-order valence-electron chi connectivity index (χ4n) is 3.47. The summed E-state index contributed by atoms with van der Waals surface area (Å²) in [4.78, 5) is 12.6. The van der Waals surface area contributed by atoms with Crippen molar-refractivity contribution in [1.29, 1.82) is 0 Å². The molecule has 0 radical (unpaired) electrons. The van der Waals surface area contributed by atoms with Gasteiger partial charge in [0.2, 0.25) is 5.91 Å². The minimum Gasteiger partial charge on any atom is -0.497 e. The Bertz CT molecular complexity index is 837. The molecule has 0 unspecified atom stereocenters. The average molecular weight is 391 g/mol. The maximum absolute atomic E-state index is 13.2. The van der Waals surface area contributed by atoms with E-state index in [0.29, 0.717) is 11.5 Å². The first kappa shape index (κ1) is 19.5. The van der Waals surface area contributed by atoms with Crippen LogP contribution in [-0.4, -0.2) is 28.0 Å². The van der Waals surface area contributed by atoms with Gasteiger partial charge in [0.05, 0.1) is 18.3 Å². The molecular formula is C20H25NO5S. The molecule has 1 aliphatic carbocycles. The molecule has 6 nitrogen and oxygen atoms in total. The summed E-state index contributed by atoms with van der Waals surface area (Å²) in [5.74, 6) is 0.791. The van der Waals surface area contributed by atoms with Crippen LogP contribution in [0.4, 0.5) is 0 Å². The first-order chi connectivity index (χ1) is 13.0. The lowest BCUT2D eigenvalue weighted by Gasteiger charge is -2.22. The zero-order chi connectivity index (χ0) is 19.3. The van der Waals surface area contributed by atoms with Gasteiger partial charge in [-0.05, 0) is 49.2 Å². The Morgan fingerprint density at radius 3 is 2.48 bits per heavy atom. The molecule has 7 heteroatoms. The molecule has 0 aliphatic heterocycles. The molecule has 1 aromatic carbocycles. The van der Waals surface area contributed by atoms with Crippen LogP contribution in [0.15, 0.2) is 52.0 Å². The molecule has 0 spiro atoms. The van der Waals surface area contributed by atoms with E-state index < -0.39 is 15.1 Å². The van der Waals surface area contributed by atoms with Crippen LogP contribution < -0.4 is 10.1 Å². The van der Waals surface area contributed by atoms with Crippen molar-refractivity contribution < 1.29 is 22.4 Å². The van der Waals surface area contributed by atoms with Crippen molar-refractivity contribution in [2.45, 2.75) is 42.2 Å². The number of sulfone groups is 1. The van der Waals surface area contributed by atoms with Crippen LogP contribution >= 0.6 is 0 Å². The number of rotatable bonds is 7. The summed E-state index contributed by atoms with van der Waals surface area (Å²) in [7, 11) is -2.22. The SMILES string of the molecule is COc1ccc(S(=O)(=O)[C@@H](CNC(=O)C2CCCCC2)c2ccco2)cc1. The highest BCUT2D eigenvalue weighted by molar-refractivity contribution is 7.91. The van der Waals surface area contributed by atoms with Gasteiger partial charge in [0, 0.05) is 12.5 Å². The molecule has 2 aromatic rings. The van der Waals surface area contributed by atoms with Gasteiger partial charge in [-0.2, -0.15) is 0 Å². The Morgan fingerprint density at radius 1 is 1.19 bits per heavy atom. The molecular weight excluding hydrogens is 366 g/mol. The average Bonchev–Trinajstić information content (AvgIpc) is 3.23. The maximum Gasteiger partial charge on any atom is 0.223 e. The van der Waals surface area contributed by atoms with E-state index in [1.54, 1.807) is 24.3 Å². The topological polar surface area (TPSA) is 85.6 Å². The Morgan fingerprint density at radius 2 is 1.89 bits per heavy atom. The molecule has 0 saturated heterocycles. The molecule has 0 bridgehead atoms. The monoisotopic (exact) mass is 391 g/mol. The third-order valence-electron chi connectivity index (χ3n) is 5.06. The van der Waals surface area contributed by atoms with Gasteiger partial charge >= 0.3 is 0 Å². The zero-order valence-corrected chi connectivity index (χ0v) is 16.2. The number of carbonyl (C=O) groups excluding carboxylic acids is 1. The third kappa shape index (κ3) is 4.53. The number of ether oxygens (including phenoxy) is 1. The lowest BCUT2D eigenvalue weighted by atomic mass is 9.89. The number of amides is 1. The van der Waals surface area contributed by atoms with Crippen LogP contribution in [0.1, 0.15) is 43.1 Å². The van der Waals surface area contributed by atoms with E-state index in [1.165, 1.54) is 25.5 Å². The van der Waals surface area contributed by atoms with Crippen molar-refractivity contribution in [2.24, 2.45) is 5.92 Å². The van der Waals surface area contributed by atoms with Crippen molar-refractivity contribution in [3.63, 3.8) is 0 Å². The summed E-state index contributed by atoms with van der Waals surface area (Å²) in [6, 6.07) is 9.49. The Hall–Kier alpha value is -2.28. The Labute approximate surface area is 159 Å². The van der Waals surface area contributed by atoms with Crippen molar-refractivity contribution in [3.05, 3.63) is 48.4 Å². The van der Waals surface area contributed by atoms with E-state index in [9.17, 15) is 13.2 Å². The molecule has 1 atom stereocenters. The maximum atomic E-state index is 13.2. The lowest BCUT2D eigenvalue weighted by molar-refractivity contribution is -0.125. The van der Waals surface area contributed by atoms with Gasteiger partial charge in [0.1, 0.15) is 16.8 Å². The third-order valence-corrected chi connectivity index (χ3v) is 7.14. The second kappa shape index (κ2) is 8.61. The molecule has 1 aliphatic rings. The van der Waals surface area contributed by atoms with Crippen LogP contribution in [0.3, 0.4) is 0 Å². The highest BCUT2D eigenvalue weighted by Gasteiger charge is 2.32. The van der Waals surface area contributed by atoms with Crippen molar-refractivity contribution in [2.75, 3.05) is 13.7 Å². The van der Waals surface area contributed by atoms with E-state index in [1.807, 2.05) is 0 Å². The second-order valence-corrected chi connectivity index (χ2v) is 8.94. The predicted molar refractivity (Wildman–Crippen MR) is 101 cm³/mol. The Kier molecular flexibility index (Phi) is 6.21. The number of furan rings is 1. The summed E-state index contributed by atoms with van der Waals surface area (Å²) in [5.41, 5.74) is 0. The fourth-order valence-corrected chi connectivity index (χ4v) is 5.06. The van der Waals surface area contributed by atoms with Gasteiger partial charge in [-0.25, -0.2) is 8.42 Å². The van der Waals surface area contributed by atoms with Crippen molar-refractivity contribution >= 4 is 15.7 Å². The minimum absolute atomic E-state index is 0.0167. The summed E-state index contributed by atoms with van der Waals surface area (Å²) in [6.07, 6.45) is 6.41. The molecule has 1 saturated carbocycles. The number of benzene rings is 1. The largest absolute Gasteiger partial charge is 0.497 e. The van der Waals surface area contributed by atoms with Crippen LogP contribution in [0.25, 0.3) is 0 Å². The molecule has 1 fully saturated rings. The fraction of sp³-hybridized carbons (Fsp3) is 0.450. The highest BCUT2D eigenvalue weighted by Crippen LogP contribution is 2.30. The second-order valence-electron chi connectivity index (χ2n) is 6.80. The summed E-state index contributed by atoms with van der Waals surface area (Å²) in [6.45, 7) is -0.0167. The van der Waals surface area contributed by atoms with E-state index >= 15 is 0 Å². The number of hydrogen-bond donors (Lipinski definition) is 1. The number of carbonyl (C=O) groups is 1. The van der Waals surface area contributed by atoms with Gasteiger partial charge in [-0.15, -0.1) is 0 Å². The number of hydrogen-bond acceptors (Lipinski definition) is 5. The number of methoxy groups -OCH3 is 1. The van der Waals surface area contributed by atoms with Crippen LogP contribution in [0, 0.1) is 5.92 Å². The van der Waals surface area contributed by atoms with Gasteiger partial charge in [-0.1, -0.05) is 19.3 Å². The molecule has 27 heavy (non-hydrogen) atoms. The van der Waals surface area contributed by atoms with E-state index in [-0.39, 0.29) is 23.3 Å². The van der Waals surface area contributed by atoms with Crippen molar-refractivity contribution in [1.82, 2.24) is 5.32 Å². The van der Waals surface area contributed by atoms with Crippen LogP contribution in [0.2, 0.25) is 0 Å². The van der Waals surface area contributed by atoms with Gasteiger partial charge < -0.3 is 14.5 Å². The van der Waals surface area contributed by atoms with Crippen LogP contribution in [-0.2, 0) is 14.6 Å². The standard InChI is InChI=1S/C20H25NO5S/c1-25-16-9-11-17(12-10-16)27(23,24)19(18-8-5-13-26-18)14-21-20(22)15-6-3-2-4-7-15/h5,8-13,15,19H,2-4,6-7,14H2,1H3,(H,21,22)/t19-/m0/s1. The lowest BCUT2D eigenvalue weighted by Crippen LogP contribution is -2.36. The van der Waals surface area contributed by atoms with E-state index in [4.69, 9.17) is 9.15 Å². The first-order valence-corrected chi connectivity index (χ1v) is 10.8. The number of nitrogens with one attached hydrogen (secondary N) is 1.